The standard InChI is InChI=1S/C13H17N3O3/c1-10(16-4-6-19-12(7-14)9-16)13(17)15-8-11-3-2-5-18-11/h2-3,5,10,12H,4,6,8-9H2,1H3,(H,15,17). The van der Waals surface area contributed by atoms with Gasteiger partial charge in [-0.1, -0.05) is 0 Å². The number of nitriles is 1. The molecule has 0 spiro atoms. The predicted octanol–water partition coefficient (Wildman–Crippen LogP) is 0.509. The quantitative estimate of drug-likeness (QED) is 0.856. The molecule has 102 valence electrons. The number of ether oxygens (including phenoxy) is 1. The Kier molecular flexibility index (Phi) is 4.55. The molecule has 19 heavy (non-hydrogen) atoms. The number of amides is 1. The lowest BCUT2D eigenvalue weighted by Crippen LogP contribution is -2.51. The molecule has 2 heterocycles. The molecule has 6 nitrogen and oxygen atoms in total. The Morgan fingerprint density at radius 3 is 3.26 bits per heavy atom. The zero-order chi connectivity index (χ0) is 13.7. The van der Waals surface area contributed by atoms with E-state index in [-0.39, 0.29) is 11.9 Å². The van der Waals surface area contributed by atoms with E-state index in [2.05, 4.69) is 11.4 Å². The summed E-state index contributed by atoms with van der Waals surface area (Å²) >= 11 is 0. The first-order chi connectivity index (χ1) is 9.20. The maximum Gasteiger partial charge on any atom is 0.237 e. The molecular weight excluding hydrogens is 246 g/mol. The van der Waals surface area contributed by atoms with Crippen molar-refractivity contribution in [2.45, 2.75) is 25.6 Å². The molecule has 2 unspecified atom stereocenters. The zero-order valence-electron chi connectivity index (χ0n) is 10.8. The van der Waals surface area contributed by atoms with E-state index in [1.54, 1.807) is 12.3 Å². The molecule has 1 aromatic heterocycles. The molecule has 1 aromatic rings. The number of carbonyl (C=O) groups is 1. The van der Waals surface area contributed by atoms with Crippen LogP contribution in [0.4, 0.5) is 0 Å². The Morgan fingerprint density at radius 2 is 2.58 bits per heavy atom. The Hall–Kier alpha value is -1.84. The van der Waals surface area contributed by atoms with Gasteiger partial charge in [-0.2, -0.15) is 5.26 Å². The first kappa shape index (κ1) is 13.6. The van der Waals surface area contributed by atoms with Gasteiger partial charge in [-0.3, -0.25) is 9.69 Å². The van der Waals surface area contributed by atoms with E-state index in [9.17, 15) is 4.79 Å². The number of nitrogens with one attached hydrogen (secondary N) is 1. The molecule has 0 saturated carbocycles. The Morgan fingerprint density at radius 1 is 1.74 bits per heavy atom. The van der Waals surface area contributed by atoms with Crippen LogP contribution in [0.2, 0.25) is 0 Å². The van der Waals surface area contributed by atoms with Crippen molar-refractivity contribution < 1.29 is 13.9 Å². The number of rotatable bonds is 4. The molecule has 0 aromatic carbocycles. The molecule has 1 saturated heterocycles. The van der Waals surface area contributed by atoms with Crippen molar-refractivity contribution in [3.05, 3.63) is 24.2 Å². The molecule has 0 aliphatic carbocycles. The lowest BCUT2D eigenvalue weighted by molar-refractivity contribution is -0.128. The van der Waals surface area contributed by atoms with Crippen LogP contribution in [0.3, 0.4) is 0 Å². The summed E-state index contributed by atoms with van der Waals surface area (Å²) in [6.45, 7) is 3.81. The van der Waals surface area contributed by atoms with Gasteiger partial charge in [-0.15, -0.1) is 0 Å². The monoisotopic (exact) mass is 263 g/mol. The van der Waals surface area contributed by atoms with Crippen LogP contribution in [-0.4, -0.2) is 42.6 Å². The summed E-state index contributed by atoms with van der Waals surface area (Å²) in [5, 5.41) is 11.7. The van der Waals surface area contributed by atoms with Gasteiger partial charge in [0.05, 0.1) is 31.5 Å². The number of morpholine rings is 1. The van der Waals surface area contributed by atoms with Crippen molar-refractivity contribution >= 4 is 5.91 Å². The highest BCUT2D eigenvalue weighted by Gasteiger charge is 2.27. The summed E-state index contributed by atoms with van der Waals surface area (Å²) in [5.74, 6) is 0.646. The third-order valence-corrected chi connectivity index (χ3v) is 3.19. The van der Waals surface area contributed by atoms with Crippen molar-refractivity contribution in [2.75, 3.05) is 19.7 Å². The van der Waals surface area contributed by atoms with E-state index in [0.29, 0.717) is 26.2 Å². The average Bonchev–Trinajstić information content (AvgIpc) is 2.97. The molecule has 0 radical (unpaired) electrons. The first-order valence-corrected chi connectivity index (χ1v) is 6.26. The largest absolute Gasteiger partial charge is 0.467 e. The van der Waals surface area contributed by atoms with Crippen molar-refractivity contribution in [1.82, 2.24) is 10.2 Å². The van der Waals surface area contributed by atoms with Crippen molar-refractivity contribution in [3.63, 3.8) is 0 Å². The second kappa shape index (κ2) is 6.36. The normalized spacial score (nSPS) is 21.6. The summed E-state index contributed by atoms with van der Waals surface area (Å²) in [6.07, 6.45) is 1.12. The van der Waals surface area contributed by atoms with Gasteiger partial charge in [0, 0.05) is 13.1 Å². The minimum Gasteiger partial charge on any atom is -0.467 e. The van der Waals surface area contributed by atoms with Crippen molar-refractivity contribution in [3.8, 4) is 6.07 Å². The second-order valence-corrected chi connectivity index (χ2v) is 4.46. The van der Waals surface area contributed by atoms with E-state index in [1.807, 2.05) is 17.9 Å². The maximum atomic E-state index is 12.0. The summed E-state index contributed by atoms with van der Waals surface area (Å²) in [5.41, 5.74) is 0. The Labute approximate surface area is 111 Å². The van der Waals surface area contributed by atoms with Crippen LogP contribution in [0.15, 0.2) is 22.8 Å². The van der Waals surface area contributed by atoms with Gasteiger partial charge in [0.25, 0.3) is 0 Å². The molecule has 1 amide bonds. The van der Waals surface area contributed by atoms with Crippen molar-refractivity contribution in [2.24, 2.45) is 0 Å². The second-order valence-electron chi connectivity index (χ2n) is 4.46. The van der Waals surface area contributed by atoms with E-state index in [0.717, 1.165) is 5.76 Å². The van der Waals surface area contributed by atoms with Gasteiger partial charge in [0.2, 0.25) is 5.91 Å². The van der Waals surface area contributed by atoms with Gasteiger partial charge < -0.3 is 14.5 Å². The lowest BCUT2D eigenvalue weighted by Gasteiger charge is -2.33. The molecule has 1 aliphatic heterocycles. The first-order valence-electron chi connectivity index (χ1n) is 6.26. The fourth-order valence-electron chi connectivity index (χ4n) is 2.00. The Balaban J connectivity index is 1.83. The predicted molar refractivity (Wildman–Crippen MR) is 66.9 cm³/mol. The van der Waals surface area contributed by atoms with Crippen LogP contribution >= 0.6 is 0 Å². The van der Waals surface area contributed by atoms with E-state index in [1.165, 1.54) is 0 Å². The molecule has 2 atom stereocenters. The molecule has 2 rings (SSSR count). The minimum absolute atomic E-state index is 0.0741. The topological polar surface area (TPSA) is 78.5 Å². The van der Waals surface area contributed by atoms with Crippen LogP contribution in [-0.2, 0) is 16.1 Å². The van der Waals surface area contributed by atoms with Gasteiger partial charge in [-0.25, -0.2) is 0 Å². The summed E-state index contributed by atoms with van der Waals surface area (Å²) < 4.78 is 10.4. The maximum absolute atomic E-state index is 12.0. The molecule has 6 heteroatoms. The van der Waals surface area contributed by atoms with E-state index >= 15 is 0 Å². The number of furan rings is 1. The van der Waals surface area contributed by atoms with Gasteiger partial charge in [0.1, 0.15) is 5.76 Å². The third kappa shape index (κ3) is 3.56. The summed E-state index contributed by atoms with van der Waals surface area (Å²) in [6, 6.07) is 5.38. The fourth-order valence-corrected chi connectivity index (χ4v) is 2.00. The number of nitrogens with zero attached hydrogens (tertiary/aromatic N) is 2. The molecule has 1 aliphatic rings. The molecule has 1 fully saturated rings. The molecule has 1 N–H and O–H groups in total. The van der Waals surface area contributed by atoms with Crippen LogP contribution in [0.25, 0.3) is 0 Å². The molecular formula is C13H17N3O3. The average molecular weight is 263 g/mol. The summed E-state index contributed by atoms with van der Waals surface area (Å²) in [4.78, 5) is 14.0. The minimum atomic E-state index is -0.450. The lowest BCUT2D eigenvalue weighted by atomic mass is 10.2. The van der Waals surface area contributed by atoms with Gasteiger partial charge in [-0.05, 0) is 19.1 Å². The Bertz CT molecular complexity index is 452. The van der Waals surface area contributed by atoms with Crippen LogP contribution in [0, 0.1) is 11.3 Å². The fraction of sp³-hybridized carbons (Fsp3) is 0.538. The van der Waals surface area contributed by atoms with E-state index in [4.69, 9.17) is 14.4 Å². The highest BCUT2D eigenvalue weighted by molar-refractivity contribution is 5.81. The SMILES string of the molecule is CC(C(=O)NCc1ccco1)N1CCOC(C#N)C1. The number of hydrogen-bond acceptors (Lipinski definition) is 5. The van der Waals surface area contributed by atoms with Crippen LogP contribution in [0.1, 0.15) is 12.7 Å². The van der Waals surface area contributed by atoms with Crippen LogP contribution < -0.4 is 5.32 Å². The van der Waals surface area contributed by atoms with Gasteiger partial charge >= 0.3 is 0 Å². The van der Waals surface area contributed by atoms with E-state index < -0.39 is 6.10 Å². The highest BCUT2D eigenvalue weighted by atomic mass is 16.5. The third-order valence-electron chi connectivity index (χ3n) is 3.19. The summed E-state index contributed by atoms with van der Waals surface area (Å²) in [7, 11) is 0. The number of carbonyl (C=O) groups excluding carboxylic acids is 1. The highest BCUT2D eigenvalue weighted by Crippen LogP contribution is 2.09. The zero-order valence-corrected chi connectivity index (χ0v) is 10.8. The molecule has 0 bridgehead atoms. The van der Waals surface area contributed by atoms with Crippen molar-refractivity contribution in [1.29, 1.82) is 5.26 Å². The van der Waals surface area contributed by atoms with Crippen LogP contribution in [0.5, 0.6) is 0 Å². The van der Waals surface area contributed by atoms with Gasteiger partial charge in [0.15, 0.2) is 6.10 Å². The number of hydrogen-bond donors (Lipinski definition) is 1. The smallest absolute Gasteiger partial charge is 0.237 e.